The van der Waals surface area contributed by atoms with Crippen molar-refractivity contribution in [2.75, 3.05) is 40.9 Å². The van der Waals surface area contributed by atoms with Gasteiger partial charge in [-0.3, -0.25) is 13.8 Å². The number of phosphoric ester groups is 1. The van der Waals surface area contributed by atoms with Crippen molar-refractivity contribution in [3.05, 3.63) is 12.2 Å². The molecular weight excluding hydrogens is 719 g/mol. The van der Waals surface area contributed by atoms with E-state index in [0.717, 1.165) is 38.5 Å². The number of quaternary nitrogens is 1. The van der Waals surface area contributed by atoms with Gasteiger partial charge in [0.05, 0.1) is 39.9 Å². The number of nitrogens with zero attached hydrogens (tertiary/aromatic N) is 1. The number of carbonyl (C=O) groups excluding carboxylic acids is 1. The molecule has 0 saturated heterocycles. The van der Waals surface area contributed by atoms with Gasteiger partial charge in [-0.15, -0.1) is 0 Å². The van der Waals surface area contributed by atoms with E-state index in [2.05, 4.69) is 31.3 Å². The fraction of sp³-hybridized carbons (Fsp3) is 0.936. The lowest BCUT2D eigenvalue weighted by atomic mass is 10.0. The smallest absolute Gasteiger partial charge is 0.391 e. The van der Waals surface area contributed by atoms with Crippen LogP contribution in [0.2, 0.25) is 0 Å². The van der Waals surface area contributed by atoms with E-state index < -0.39 is 20.0 Å². The molecule has 8 nitrogen and oxygen atoms in total. The number of carbonyl (C=O) groups is 1. The minimum absolute atomic E-state index is 0.0758. The molecule has 3 N–H and O–H groups in total. The molecule has 0 rings (SSSR count). The zero-order valence-electron chi connectivity index (χ0n) is 37.9. The highest BCUT2D eigenvalue weighted by Gasteiger charge is 2.28. The number of amides is 1. The highest BCUT2D eigenvalue weighted by molar-refractivity contribution is 7.47. The van der Waals surface area contributed by atoms with Crippen LogP contribution in [0.4, 0.5) is 0 Å². The lowest BCUT2D eigenvalue weighted by Crippen LogP contribution is -2.46. The zero-order valence-corrected chi connectivity index (χ0v) is 38.8. The summed E-state index contributed by atoms with van der Waals surface area (Å²) in [6, 6.07) is -0.758. The standard InChI is InChI=1S/C47H95N2O6P/c1-6-8-10-12-14-16-18-20-22-23-24-25-26-27-29-31-33-35-37-39-41-47(51)48-45(44-55-56(52,53)54-43-42-49(3,4)5)46(50)40-38-36-34-32-30-28-21-19-17-15-13-11-9-7-2/h24-25,45-46,50H,6-23,26-44H2,1-5H3,(H-,48,51,52,53)/p+1/b25-24-. The second-order valence-corrected chi connectivity index (χ2v) is 19.3. The lowest BCUT2D eigenvalue weighted by Gasteiger charge is -2.26. The van der Waals surface area contributed by atoms with Crippen molar-refractivity contribution in [2.24, 2.45) is 0 Å². The Bertz CT molecular complexity index is 927. The third kappa shape index (κ3) is 41.4. The molecule has 0 heterocycles. The summed E-state index contributed by atoms with van der Waals surface area (Å²) in [5.74, 6) is -0.147. The van der Waals surface area contributed by atoms with Crippen molar-refractivity contribution in [3.63, 3.8) is 0 Å². The largest absolute Gasteiger partial charge is 0.472 e. The number of aliphatic hydroxyl groups is 1. The first-order valence-corrected chi connectivity index (χ1v) is 25.5. The van der Waals surface area contributed by atoms with Crippen molar-refractivity contribution >= 4 is 13.7 Å². The van der Waals surface area contributed by atoms with Gasteiger partial charge in [-0.05, 0) is 38.5 Å². The summed E-state index contributed by atoms with van der Waals surface area (Å²) in [6.45, 7) is 4.90. The summed E-state index contributed by atoms with van der Waals surface area (Å²) in [4.78, 5) is 23.2. The maximum atomic E-state index is 12.9. The van der Waals surface area contributed by atoms with Gasteiger partial charge < -0.3 is 19.8 Å². The lowest BCUT2D eigenvalue weighted by molar-refractivity contribution is -0.870. The molecule has 0 aliphatic heterocycles. The van der Waals surface area contributed by atoms with E-state index >= 15 is 0 Å². The van der Waals surface area contributed by atoms with Crippen LogP contribution in [-0.2, 0) is 18.4 Å². The molecule has 0 aliphatic rings. The SMILES string of the molecule is CCCCCCCCCCC/C=C\CCCCCCCCCC(=O)NC(COP(=O)(O)OCC[N+](C)(C)C)C(O)CCCCCCCCCCCCCCCC. The average molecular weight is 816 g/mol. The van der Waals surface area contributed by atoms with Gasteiger partial charge in [-0.25, -0.2) is 4.57 Å². The molecule has 0 aromatic rings. The second-order valence-electron chi connectivity index (χ2n) is 17.8. The van der Waals surface area contributed by atoms with Crippen LogP contribution in [-0.4, -0.2) is 73.4 Å². The van der Waals surface area contributed by atoms with Gasteiger partial charge in [0.25, 0.3) is 0 Å². The molecule has 0 fully saturated rings. The van der Waals surface area contributed by atoms with E-state index in [1.807, 2.05) is 21.1 Å². The van der Waals surface area contributed by atoms with E-state index in [9.17, 15) is 19.4 Å². The van der Waals surface area contributed by atoms with Crippen LogP contribution in [0.3, 0.4) is 0 Å². The van der Waals surface area contributed by atoms with Crippen LogP contribution in [0.25, 0.3) is 0 Å². The number of nitrogens with one attached hydrogen (secondary N) is 1. The minimum Gasteiger partial charge on any atom is -0.391 e. The number of rotatable bonds is 44. The summed E-state index contributed by atoms with van der Waals surface area (Å²) in [5.41, 5.74) is 0. The molecule has 9 heteroatoms. The van der Waals surface area contributed by atoms with Crippen LogP contribution in [0.5, 0.6) is 0 Å². The molecular formula is C47H96N2O6P+. The van der Waals surface area contributed by atoms with Crippen molar-refractivity contribution < 1.29 is 32.9 Å². The zero-order chi connectivity index (χ0) is 41.4. The number of hydrogen-bond acceptors (Lipinski definition) is 5. The van der Waals surface area contributed by atoms with Crippen molar-refractivity contribution in [1.29, 1.82) is 0 Å². The highest BCUT2D eigenvalue weighted by atomic mass is 31.2. The van der Waals surface area contributed by atoms with Crippen LogP contribution >= 0.6 is 7.82 Å². The molecule has 0 saturated carbocycles. The first-order valence-electron chi connectivity index (χ1n) is 24.1. The van der Waals surface area contributed by atoms with E-state index in [1.165, 1.54) is 167 Å². The molecule has 0 radical (unpaired) electrons. The number of unbranched alkanes of at least 4 members (excludes halogenated alkanes) is 29. The molecule has 334 valence electrons. The quantitative estimate of drug-likeness (QED) is 0.0245. The van der Waals surface area contributed by atoms with Gasteiger partial charge in [-0.1, -0.05) is 199 Å². The van der Waals surface area contributed by atoms with Gasteiger partial charge in [0.1, 0.15) is 13.2 Å². The molecule has 0 aromatic carbocycles. The van der Waals surface area contributed by atoms with Gasteiger partial charge >= 0.3 is 7.82 Å². The van der Waals surface area contributed by atoms with Gasteiger partial charge in [-0.2, -0.15) is 0 Å². The molecule has 3 atom stereocenters. The van der Waals surface area contributed by atoms with Gasteiger partial charge in [0, 0.05) is 6.42 Å². The summed E-state index contributed by atoms with van der Waals surface area (Å²) in [6.07, 6.45) is 45.2. The maximum Gasteiger partial charge on any atom is 0.472 e. The molecule has 56 heavy (non-hydrogen) atoms. The minimum atomic E-state index is -4.31. The van der Waals surface area contributed by atoms with Crippen LogP contribution in [0.1, 0.15) is 232 Å². The van der Waals surface area contributed by atoms with Crippen molar-refractivity contribution in [3.8, 4) is 0 Å². The van der Waals surface area contributed by atoms with Crippen molar-refractivity contribution in [2.45, 2.75) is 244 Å². The molecule has 3 unspecified atom stereocenters. The first-order chi connectivity index (χ1) is 27.0. The van der Waals surface area contributed by atoms with E-state index in [0.29, 0.717) is 23.9 Å². The molecule has 1 amide bonds. The second kappa shape index (κ2) is 39.7. The number of aliphatic hydroxyl groups excluding tert-OH is 1. The predicted molar refractivity (Wildman–Crippen MR) is 240 cm³/mol. The first kappa shape index (κ1) is 55.2. The third-order valence-corrected chi connectivity index (χ3v) is 12.0. The fourth-order valence-electron chi connectivity index (χ4n) is 7.16. The summed E-state index contributed by atoms with van der Waals surface area (Å²) in [5, 5.41) is 14.0. The molecule has 0 spiro atoms. The highest BCUT2D eigenvalue weighted by Crippen LogP contribution is 2.43. The summed E-state index contributed by atoms with van der Waals surface area (Å²) >= 11 is 0. The molecule has 0 aromatic heterocycles. The Hall–Kier alpha value is -0.760. The number of phosphoric acid groups is 1. The van der Waals surface area contributed by atoms with Gasteiger partial charge in [0.15, 0.2) is 0 Å². The average Bonchev–Trinajstić information content (AvgIpc) is 3.15. The Morgan fingerprint density at radius 1 is 0.589 bits per heavy atom. The monoisotopic (exact) mass is 816 g/mol. The number of hydrogen-bond donors (Lipinski definition) is 3. The predicted octanol–water partition coefficient (Wildman–Crippen LogP) is 13.5. The Balaban J connectivity index is 4.28. The van der Waals surface area contributed by atoms with Crippen molar-refractivity contribution in [1.82, 2.24) is 5.32 Å². The van der Waals surface area contributed by atoms with Crippen LogP contribution in [0, 0.1) is 0 Å². The summed E-state index contributed by atoms with van der Waals surface area (Å²) in [7, 11) is 1.62. The topological polar surface area (TPSA) is 105 Å². The Morgan fingerprint density at radius 3 is 1.38 bits per heavy atom. The van der Waals surface area contributed by atoms with Crippen LogP contribution < -0.4 is 5.32 Å². The Labute approximate surface area is 348 Å². The third-order valence-electron chi connectivity index (χ3n) is 11.0. The Morgan fingerprint density at radius 2 is 0.964 bits per heavy atom. The van der Waals surface area contributed by atoms with Gasteiger partial charge in [0.2, 0.25) is 5.91 Å². The summed E-state index contributed by atoms with van der Waals surface area (Å²) < 4.78 is 23.7. The van der Waals surface area contributed by atoms with Crippen LogP contribution in [0.15, 0.2) is 12.2 Å². The molecule has 0 bridgehead atoms. The fourth-order valence-corrected chi connectivity index (χ4v) is 7.89. The van der Waals surface area contributed by atoms with E-state index in [4.69, 9.17) is 9.05 Å². The number of likely N-dealkylation sites (N-methyl/N-ethyl adjacent to an activating group) is 1. The van der Waals surface area contributed by atoms with E-state index in [-0.39, 0.29) is 19.1 Å². The molecule has 0 aliphatic carbocycles. The normalized spacial score (nSPS) is 14.3. The maximum absolute atomic E-state index is 12.9. The van der Waals surface area contributed by atoms with E-state index in [1.54, 1.807) is 0 Å². The Kier molecular flexibility index (Phi) is 39.1. The number of allylic oxidation sites excluding steroid dienone is 2.